The van der Waals surface area contributed by atoms with E-state index in [1.54, 1.807) is 0 Å². The maximum Gasteiger partial charge on any atom is 0.407 e. The number of nitrogens with one attached hydrogen (secondary N) is 1. The van der Waals surface area contributed by atoms with Crippen molar-refractivity contribution in [2.75, 3.05) is 19.8 Å². The summed E-state index contributed by atoms with van der Waals surface area (Å²) in [6, 6.07) is 18.4. The van der Waals surface area contributed by atoms with Gasteiger partial charge in [-0.2, -0.15) is 0 Å². The van der Waals surface area contributed by atoms with E-state index >= 15 is 0 Å². The van der Waals surface area contributed by atoms with Gasteiger partial charge in [-0.15, -0.1) is 0 Å². The molecule has 0 saturated carbocycles. The van der Waals surface area contributed by atoms with Crippen molar-refractivity contribution in [3.63, 3.8) is 0 Å². The lowest BCUT2D eigenvalue weighted by molar-refractivity contribution is -0.343. The molecule has 2 aliphatic rings. The Bertz CT molecular complexity index is 1490. The smallest absolute Gasteiger partial charge is 0.407 e. The van der Waals surface area contributed by atoms with Gasteiger partial charge in [-0.3, -0.25) is 0 Å². The number of halogens is 3. The average molecular weight is 869 g/mol. The van der Waals surface area contributed by atoms with Crippen LogP contribution in [0.1, 0.15) is 41.5 Å². The van der Waals surface area contributed by atoms with E-state index in [4.69, 9.17) is 62.6 Å². The van der Waals surface area contributed by atoms with Crippen molar-refractivity contribution in [3.05, 3.63) is 60.7 Å². The first-order chi connectivity index (χ1) is 25.4. The third kappa shape index (κ3) is 10.8. The zero-order valence-electron chi connectivity index (χ0n) is 32.4. The molecule has 6 N–H and O–H groups in total. The van der Waals surface area contributed by atoms with E-state index in [2.05, 4.69) is 26.1 Å². The van der Waals surface area contributed by atoms with Crippen molar-refractivity contribution in [1.29, 1.82) is 0 Å². The SMILES string of the molecule is CC(C)(C)[Si](C)(C)O[C@@H]1O[C@H](CO[Si](c2ccccc2)(c2ccccc2)C(C)(C)C)[C@@H](O[C@@H]2O[C@H](CO)[C@H](O)[C@H](O)[C@H]2O)[C@H](O)[C@H]1NC(=O)OCC(Cl)(Cl)Cl. The molecule has 2 fully saturated rings. The highest BCUT2D eigenvalue weighted by Crippen LogP contribution is 2.41. The minimum Gasteiger partial charge on any atom is -0.445 e. The zero-order valence-corrected chi connectivity index (χ0v) is 36.7. The minimum absolute atomic E-state index is 0.186. The van der Waals surface area contributed by atoms with Crippen molar-refractivity contribution < 1.29 is 58.1 Å². The van der Waals surface area contributed by atoms with Gasteiger partial charge in [0.2, 0.25) is 3.79 Å². The van der Waals surface area contributed by atoms with Gasteiger partial charge in [0.05, 0.1) is 13.2 Å². The molecule has 0 bridgehead atoms. The number of aliphatic hydroxyl groups is 5. The average Bonchev–Trinajstić information content (AvgIpc) is 3.10. The lowest BCUT2D eigenvalue weighted by Crippen LogP contribution is -2.71. The van der Waals surface area contributed by atoms with Gasteiger partial charge >= 0.3 is 6.09 Å². The normalized spacial score (nSPS) is 29.8. The number of alkyl halides is 3. The summed E-state index contributed by atoms with van der Waals surface area (Å²) in [6.45, 7) is 14.8. The van der Waals surface area contributed by atoms with E-state index in [9.17, 15) is 30.3 Å². The predicted molar refractivity (Wildman–Crippen MR) is 214 cm³/mol. The van der Waals surface area contributed by atoms with Gasteiger partial charge in [0.25, 0.3) is 8.32 Å². The van der Waals surface area contributed by atoms with Gasteiger partial charge in [-0.05, 0) is 33.5 Å². The number of hydrogen-bond donors (Lipinski definition) is 6. The van der Waals surface area contributed by atoms with Crippen LogP contribution in [0, 0.1) is 0 Å². The third-order valence-electron chi connectivity index (χ3n) is 10.6. The summed E-state index contributed by atoms with van der Waals surface area (Å²) in [5.74, 6) is 0. The van der Waals surface area contributed by atoms with Crippen molar-refractivity contribution in [2.45, 2.75) is 130 Å². The summed E-state index contributed by atoms with van der Waals surface area (Å²) < 4.78 is 35.8. The molecule has 55 heavy (non-hydrogen) atoms. The van der Waals surface area contributed by atoms with Gasteiger partial charge in [-0.1, -0.05) is 137 Å². The summed E-state index contributed by atoms with van der Waals surface area (Å²) in [5, 5.41) is 58.0. The van der Waals surface area contributed by atoms with Gasteiger partial charge in [0, 0.05) is 0 Å². The maximum absolute atomic E-state index is 13.2. The molecular weight excluding hydrogens is 813 g/mol. The third-order valence-corrected chi connectivity index (χ3v) is 20.3. The molecule has 2 heterocycles. The lowest BCUT2D eigenvalue weighted by atomic mass is 9.95. The Kier molecular flexibility index (Phi) is 15.4. The number of carbonyl (C=O) groups is 1. The van der Waals surface area contributed by atoms with E-state index in [0.717, 1.165) is 10.4 Å². The van der Waals surface area contributed by atoms with Crippen LogP contribution in [0.5, 0.6) is 0 Å². The summed E-state index contributed by atoms with van der Waals surface area (Å²) in [7, 11) is -5.93. The Hall–Kier alpha value is -1.39. The quantitative estimate of drug-likeness (QED) is 0.135. The van der Waals surface area contributed by atoms with Crippen LogP contribution in [-0.2, 0) is 27.8 Å². The Balaban J connectivity index is 1.82. The number of hydrogen-bond acceptors (Lipinski definition) is 12. The fourth-order valence-electron chi connectivity index (χ4n) is 6.57. The molecule has 10 atom stereocenters. The molecule has 18 heteroatoms. The molecule has 0 aromatic heterocycles. The molecule has 1 amide bonds. The summed E-state index contributed by atoms with van der Waals surface area (Å²) >= 11 is 17.5. The summed E-state index contributed by atoms with van der Waals surface area (Å²) in [6.07, 6.45) is -14.9. The molecule has 2 saturated heterocycles. The first kappa shape index (κ1) is 46.3. The number of aliphatic hydroxyl groups excluding tert-OH is 5. The zero-order chi connectivity index (χ0) is 41.1. The van der Waals surface area contributed by atoms with Crippen LogP contribution in [0.2, 0.25) is 23.2 Å². The second-order valence-electron chi connectivity index (χ2n) is 16.5. The van der Waals surface area contributed by atoms with Crippen molar-refractivity contribution in [2.24, 2.45) is 0 Å². The Morgan fingerprint density at radius 3 is 1.76 bits per heavy atom. The van der Waals surface area contributed by atoms with E-state index in [0.29, 0.717) is 0 Å². The van der Waals surface area contributed by atoms with Gasteiger partial charge in [0.1, 0.15) is 55.4 Å². The first-order valence-corrected chi connectivity index (χ1v) is 24.1. The number of rotatable bonds is 12. The molecule has 2 aromatic rings. The van der Waals surface area contributed by atoms with E-state index in [1.165, 1.54) is 0 Å². The fourth-order valence-corrected chi connectivity index (χ4v) is 12.4. The van der Waals surface area contributed by atoms with Crippen LogP contribution in [0.15, 0.2) is 60.7 Å². The number of carbonyl (C=O) groups excluding carboxylic acids is 1. The Morgan fingerprint density at radius 1 is 0.764 bits per heavy atom. The summed E-state index contributed by atoms with van der Waals surface area (Å²) in [4.78, 5) is 13.2. The van der Waals surface area contributed by atoms with Gasteiger partial charge in [-0.25, -0.2) is 4.79 Å². The van der Waals surface area contributed by atoms with Crippen LogP contribution in [0.25, 0.3) is 0 Å². The lowest BCUT2D eigenvalue weighted by Gasteiger charge is -2.50. The predicted octanol–water partition coefficient (Wildman–Crippen LogP) is 3.32. The highest BCUT2D eigenvalue weighted by atomic mass is 35.6. The van der Waals surface area contributed by atoms with Crippen LogP contribution < -0.4 is 15.7 Å². The molecule has 0 spiro atoms. The molecule has 0 radical (unpaired) electrons. The number of alkyl carbamates (subject to hydrolysis) is 1. The van der Waals surface area contributed by atoms with Crippen LogP contribution in [0.4, 0.5) is 4.79 Å². The van der Waals surface area contributed by atoms with Crippen molar-refractivity contribution in [1.82, 2.24) is 5.32 Å². The second-order valence-corrected chi connectivity index (χ2v) is 28.1. The van der Waals surface area contributed by atoms with Crippen LogP contribution in [-0.4, -0.2) is 133 Å². The monoisotopic (exact) mass is 867 g/mol. The molecule has 13 nitrogen and oxygen atoms in total. The molecule has 2 aliphatic heterocycles. The molecule has 0 aliphatic carbocycles. The maximum atomic E-state index is 13.2. The topological polar surface area (TPSA) is 186 Å². The summed E-state index contributed by atoms with van der Waals surface area (Å²) in [5.41, 5.74) is 0. The van der Waals surface area contributed by atoms with Gasteiger partial charge in [0.15, 0.2) is 20.9 Å². The van der Waals surface area contributed by atoms with Gasteiger partial charge < -0.3 is 58.6 Å². The number of ether oxygens (including phenoxy) is 4. The molecular formula is C37H56Cl3NO12Si2. The largest absolute Gasteiger partial charge is 0.445 e. The highest BCUT2D eigenvalue weighted by Gasteiger charge is 2.56. The van der Waals surface area contributed by atoms with E-state index < -0.39 is 106 Å². The number of amides is 1. The molecule has 0 unspecified atom stereocenters. The standard InChI is InChI=1S/C37H56Cl3NO12Si2/c1-35(2,3)54(7,8)53-32-26(41-34(47)48-21-37(38,39)40)28(44)31(52-33-30(46)29(45)27(43)24(19-42)50-33)25(51-32)20-49-55(36(4,5)6,22-15-11-9-12-16-22)23-17-13-10-14-18-23/h9-18,24-33,42-46H,19-21H2,1-8H3,(H,41,47)/t24-,25-,26-,27+,28-,29+,30-,31-,32+,33+/m1/s1. The molecule has 2 aromatic carbocycles. The van der Waals surface area contributed by atoms with Crippen molar-refractivity contribution in [3.8, 4) is 0 Å². The molecule has 4 rings (SSSR count). The fraction of sp³-hybridized carbons (Fsp3) is 0.649. The highest BCUT2D eigenvalue weighted by molar-refractivity contribution is 6.99. The van der Waals surface area contributed by atoms with Crippen LogP contribution in [0.3, 0.4) is 0 Å². The first-order valence-electron chi connectivity index (χ1n) is 18.2. The van der Waals surface area contributed by atoms with Crippen LogP contribution >= 0.6 is 34.8 Å². The Morgan fingerprint density at radius 2 is 1.29 bits per heavy atom. The van der Waals surface area contributed by atoms with E-state index in [-0.39, 0.29) is 11.6 Å². The van der Waals surface area contributed by atoms with E-state index in [1.807, 2.05) is 94.5 Å². The minimum atomic E-state index is -3.22. The van der Waals surface area contributed by atoms with Crippen molar-refractivity contribution >= 4 is 67.9 Å². The molecule has 310 valence electrons. The second kappa shape index (κ2) is 18.3. The number of benzene rings is 2. The Labute approximate surface area is 340 Å².